The largest absolute Gasteiger partial charge is 0.493 e. The molecule has 3 rings (SSSR count). The van der Waals surface area contributed by atoms with E-state index in [2.05, 4.69) is 16.9 Å². The smallest absolute Gasteiger partial charge is 0.217 e. The van der Waals surface area contributed by atoms with E-state index in [9.17, 15) is 5.11 Å². The van der Waals surface area contributed by atoms with E-state index in [1.165, 1.54) is 5.56 Å². The third-order valence-electron chi connectivity index (χ3n) is 3.47. The molecule has 0 atom stereocenters. The van der Waals surface area contributed by atoms with Gasteiger partial charge in [-0.3, -0.25) is 0 Å². The lowest BCUT2D eigenvalue weighted by atomic mass is 9.96. The van der Waals surface area contributed by atoms with Gasteiger partial charge in [0.15, 0.2) is 5.82 Å². The minimum atomic E-state index is 0.162. The number of aryl methyl sites for hydroxylation is 2. The molecule has 0 aliphatic heterocycles. The van der Waals surface area contributed by atoms with Crippen LogP contribution in [0.2, 0.25) is 0 Å². The van der Waals surface area contributed by atoms with E-state index in [0.29, 0.717) is 5.82 Å². The first-order valence-corrected chi connectivity index (χ1v) is 6.40. The Bertz CT molecular complexity index is 576. The van der Waals surface area contributed by atoms with Crippen molar-refractivity contribution in [2.45, 2.75) is 32.6 Å². The summed E-state index contributed by atoms with van der Waals surface area (Å²) in [6, 6.07) is 8.07. The SMILES string of the molecule is Cc1ccc(-c2nc(O)c3c(n2)CCCC3)cc1. The summed E-state index contributed by atoms with van der Waals surface area (Å²) in [4.78, 5) is 8.83. The van der Waals surface area contributed by atoms with Crippen molar-refractivity contribution in [3.05, 3.63) is 41.1 Å². The minimum Gasteiger partial charge on any atom is -0.493 e. The Morgan fingerprint density at radius 3 is 2.50 bits per heavy atom. The van der Waals surface area contributed by atoms with Crippen molar-refractivity contribution in [2.75, 3.05) is 0 Å². The molecule has 0 radical (unpaired) electrons. The van der Waals surface area contributed by atoms with Crippen LogP contribution >= 0.6 is 0 Å². The van der Waals surface area contributed by atoms with Crippen LogP contribution in [0.3, 0.4) is 0 Å². The maximum absolute atomic E-state index is 10.0. The molecule has 0 fully saturated rings. The van der Waals surface area contributed by atoms with Crippen LogP contribution in [0.1, 0.15) is 29.7 Å². The van der Waals surface area contributed by atoms with Gasteiger partial charge >= 0.3 is 0 Å². The molecule has 92 valence electrons. The molecule has 0 bridgehead atoms. The van der Waals surface area contributed by atoms with Crippen LogP contribution in [-0.4, -0.2) is 15.1 Å². The summed E-state index contributed by atoms with van der Waals surface area (Å²) >= 11 is 0. The fraction of sp³-hybridized carbons (Fsp3) is 0.333. The Balaban J connectivity index is 2.08. The van der Waals surface area contributed by atoms with Crippen LogP contribution in [0.4, 0.5) is 0 Å². The number of aromatic nitrogens is 2. The highest BCUT2D eigenvalue weighted by Crippen LogP contribution is 2.28. The van der Waals surface area contributed by atoms with Gasteiger partial charge < -0.3 is 5.11 Å². The van der Waals surface area contributed by atoms with E-state index in [1.807, 2.05) is 24.3 Å². The molecule has 18 heavy (non-hydrogen) atoms. The predicted octanol–water partition coefficient (Wildman–Crippen LogP) is 3.04. The normalized spacial score (nSPS) is 14.3. The third kappa shape index (κ3) is 1.96. The van der Waals surface area contributed by atoms with Gasteiger partial charge in [-0.05, 0) is 32.6 Å². The van der Waals surface area contributed by atoms with Gasteiger partial charge in [-0.2, -0.15) is 4.98 Å². The van der Waals surface area contributed by atoms with Crippen molar-refractivity contribution in [3.63, 3.8) is 0 Å². The second kappa shape index (κ2) is 4.41. The standard InChI is InChI=1S/C15H16N2O/c1-10-6-8-11(9-7-10)14-16-13-5-3-2-4-12(13)15(18)17-14/h6-9H,2-5H2,1H3,(H,16,17,18). The molecule has 1 aromatic carbocycles. The van der Waals surface area contributed by atoms with E-state index >= 15 is 0 Å². The lowest BCUT2D eigenvalue weighted by Crippen LogP contribution is -2.08. The molecule has 0 saturated carbocycles. The molecule has 1 aliphatic carbocycles. The summed E-state index contributed by atoms with van der Waals surface area (Å²) in [5.74, 6) is 0.795. The lowest BCUT2D eigenvalue weighted by Gasteiger charge is -2.16. The summed E-state index contributed by atoms with van der Waals surface area (Å²) in [6.45, 7) is 2.05. The quantitative estimate of drug-likeness (QED) is 0.833. The molecular formula is C15H16N2O. The maximum atomic E-state index is 10.0. The highest BCUT2D eigenvalue weighted by molar-refractivity contribution is 5.57. The molecular weight excluding hydrogens is 224 g/mol. The topological polar surface area (TPSA) is 46.0 Å². The first-order chi connectivity index (χ1) is 8.74. The summed E-state index contributed by atoms with van der Waals surface area (Å²) in [5, 5.41) is 10.0. The Morgan fingerprint density at radius 2 is 1.72 bits per heavy atom. The minimum absolute atomic E-state index is 0.162. The zero-order valence-electron chi connectivity index (χ0n) is 10.5. The van der Waals surface area contributed by atoms with E-state index < -0.39 is 0 Å². The molecule has 2 aromatic rings. The van der Waals surface area contributed by atoms with Gasteiger partial charge in [-0.25, -0.2) is 4.98 Å². The molecule has 0 saturated heterocycles. The average molecular weight is 240 g/mol. The first kappa shape index (κ1) is 11.2. The van der Waals surface area contributed by atoms with Crippen LogP contribution in [-0.2, 0) is 12.8 Å². The predicted molar refractivity (Wildman–Crippen MR) is 70.5 cm³/mol. The molecule has 0 spiro atoms. The van der Waals surface area contributed by atoms with Crippen molar-refractivity contribution >= 4 is 0 Å². The molecule has 0 unspecified atom stereocenters. The molecule has 1 aromatic heterocycles. The molecule has 3 nitrogen and oxygen atoms in total. The Kier molecular flexibility index (Phi) is 2.74. The first-order valence-electron chi connectivity index (χ1n) is 6.40. The summed E-state index contributed by atoms with van der Waals surface area (Å²) < 4.78 is 0. The van der Waals surface area contributed by atoms with E-state index in [4.69, 9.17) is 0 Å². The van der Waals surface area contributed by atoms with E-state index in [-0.39, 0.29) is 5.88 Å². The van der Waals surface area contributed by atoms with Gasteiger partial charge in [0.25, 0.3) is 0 Å². The van der Waals surface area contributed by atoms with Crippen molar-refractivity contribution in [1.29, 1.82) is 0 Å². The number of hydrogen-bond donors (Lipinski definition) is 1. The number of nitrogens with zero attached hydrogens (tertiary/aromatic N) is 2. The third-order valence-corrected chi connectivity index (χ3v) is 3.47. The molecule has 1 heterocycles. The van der Waals surface area contributed by atoms with Crippen LogP contribution < -0.4 is 0 Å². The van der Waals surface area contributed by atoms with Gasteiger partial charge in [0, 0.05) is 11.1 Å². The Hall–Kier alpha value is -1.90. The summed E-state index contributed by atoms with van der Waals surface area (Å²) in [6.07, 6.45) is 4.12. The van der Waals surface area contributed by atoms with Crippen molar-refractivity contribution in [3.8, 4) is 17.3 Å². The number of aromatic hydroxyl groups is 1. The van der Waals surface area contributed by atoms with Crippen LogP contribution in [0, 0.1) is 6.92 Å². The van der Waals surface area contributed by atoms with Crippen LogP contribution in [0.25, 0.3) is 11.4 Å². The Labute approximate surface area is 107 Å². The second-order valence-corrected chi connectivity index (χ2v) is 4.87. The Morgan fingerprint density at radius 1 is 1.00 bits per heavy atom. The van der Waals surface area contributed by atoms with E-state index in [0.717, 1.165) is 42.5 Å². The highest BCUT2D eigenvalue weighted by Gasteiger charge is 2.17. The second-order valence-electron chi connectivity index (χ2n) is 4.87. The molecule has 3 heteroatoms. The molecule has 1 N–H and O–H groups in total. The monoisotopic (exact) mass is 240 g/mol. The van der Waals surface area contributed by atoms with Crippen molar-refractivity contribution in [1.82, 2.24) is 9.97 Å². The van der Waals surface area contributed by atoms with Crippen molar-refractivity contribution < 1.29 is 5.11 Å². The fourth-order valence-corrected chi connectivity index (χ4v) is 2.41. The zero-order valence-corrected chi connectivity index (χ0v) is 10.5. The average Bonchev–Trinajstić information content (AvgIpc) is 2.39. The number of hydrogen-bond acceptors (Lipinski definition) is 3. The maximum Gasteiger partial charge on any atom is 0.217 e. The zero-order chi connectivity index (χ0) is 12.5. The van der Waals surface area contributed by atoms with Gasteiger partial charge in [0.1, 0.15) is 0 Å². The highest BCUT2D eigenvalue weighted by atomic mass is 16.3. The van der Waals surface area contributed by atoms with Gasteiger partial charge in [-0.15, -0.1) is 0 Å². The number of fused-ring (bicyclic) bond motifs is 1. The molecule has 0 amide bonds. The van der Waals surface area contributed by atoms with Crippen molar-refractivity contribution in [2.24, 2.45) is 0 Å². The van der Waals surface area contributed by atoms with Crippen LogP contribution in [0.5, 0.6) is 5.88 Å². The van der Waals surface area contributed by atoms with Gasteiger partial charge in [-0.1, -0.05) is 29.8 Å². The van der Waals surface area contributed by atoms with E-state index in [1.54, 1.807) is 0 Å². The number of rotatable bonds is 1. The van der Waals surface area contributed by atoms with Gasteiger partial charge in [0.2, 0.25) is 5.88 Å². The summed E-state index contributed by atoms with van der Waals surface area (Å²) in [7, 11) is 0. The molecule has 1 aliphatic rings. The van der Waals surface area contributed by atoms with Crippen LogP contribution in [0.15, 0.2) is 24.3 Å². The van der Waals surface area contributed by atoms with Gasteiger partial charge in [0.05, 0.1) is 5.69 Å². The fourth-order valence-electron chi connectivity index (χ4n) is 2.41. The lowest BCUT2D eigenvalue weighted by molar-refractivity contribution is 0.437. The number of benzene rings is 1. The summed E-state index contributed by atoms with van der Waals surface area (Å²) in [5.41, 5.74) is 4.13.